The van der Waals surface area contributed by atoms with E-state index >= 15 is 0 Å². The smallest absolute Gasteiger partial charge is 0.245 e. The van der Waals surface area contributed by atoms with E-state index in [1.165, 1.54) is 0 Å². The van der Waals surface area contributed by atoms with Crippen LogP contribution in [0.4, 0.5) is 74.6 Å². The van der Waals surface area contributed by atoms with E-state index in [1.54, 1.807) is 0 Å². The zero-order valence-corrected chi connectivity index (χ0v) is 13.5. The molecule has 0 bridgehead atoms. The first-order valence-corrected chi connectivity index (χ1v) is 7.44. The van der Waals surface area contributed by atoms with Crippen LogP contribution in [-0.4, -0.2) is 55.8 Å². The Balaban J connectivity index is 6.47. The third-order valence-corrected chi connectivity index (χ3v) is 3.83. The molecular formula is C8H2F17NO3S. The van der Waals surface area contributed by atoms with Crippen LogP contribution in [0.25, 0.3) is 0 Å². The molecule has 0 aliphatic heterocycles. The largest absolute Gasteiger partial charge is 0.460 e. The minimum atomic E-state index is -8.27. The van der Waals surface area contributed by atoms with Crippen LogP contribution in [-0.2, 0) is 14.8 Å². The summed E-state index contributed by atoms with van der Waals surface area (Å²) >= 11 is 0. The Morgan fingerprint density at radius 3 is 1.00 bits per heavy atom. The molecule has 0 amide bonds. The highest BCUT2D eigenvalue weighted by Gasteiger charge is 2.89. The van der Waals surface area contributed by atoms with Crippen molar-refractivity contribution in [3.63, 3.8) is 0 Å². The van der Waals surface area contributed by atoms with Crippen LogP contribution in [0.1, 0.15) is 0 Å². The van der Waals surface area contributed by atoms with Gasteiger partial charge < -0.3 is 0 Å². The van der Waals surface area contributed by atoms with Gasteiger partial charge >= 0.3 is 47.3 Å². The van der Waals surface area contributed by atoms with Gasteiger partial charge in [-0.15, -0.1) is 0 Å². The van der Waals surface area contributed by atoms with Crippen molar-refractivity contribution in [1.82, 2.24) is 0 Å². The van der Waals surface area contributed by atoms with Gasteiger partial charge in [-0.2, -0.15) is 74.6 Å². The van der Waals surface area contributed by atoms with Gasteiger partial charge in [0.15, 0.2) is 0 Å². The molecule has 0 saturated heterocycles. The van der Waals surface area contributed by atoms with E-state index in [4.69, 9.17) is 0 Å². The van der Waals surface area contributed by atoms with Gasteiger partial charge in [-0.25, -0.2) is 18.3 Å². The summed E-state index contributed by atoms with van der Waals surface area (Å²) in [5.41, 5.74) is 0. The number of ether oxygens (including phenoxy) is 1. The molecule has 22 heteroatoms. The third kappa shape index (κ3) is 3.84. The van der Waals surface area contributed by atoms with Gasteiger partial charge in [-0.1, -0.05) is 0 Å². The monoisotopic (exact) mass is 515 g/mol. The van der Waals surface area contributed by atoms with Crippen LogP contribution < -0.4 is 5.14 Å². The van der Waals surface area contributed by atoms with Crippen molar-refractivity contribution >= 4 is 10.0 Å². The van der Waals surface area contributed by atoms with Gasteiger partial charge in [0.1, 0.15) is 0 Å². The SMILES string of the molecule is NS(=O)(=O)C(F)(F)C(F)(F)C(F)(F)C(F)(F)OC(F)(F)C(F)(F)C(F)(F)C(F)(F)F. The summed E-state index contributed by atoms with van der Waals surface area (Å²) in [7, 11) is -7.27. The van der Waals surface area contributed by atoms with Gasteiger partial charge in [0.2, 0.25) is 0 Å². The summed E-state index contributed by atoms with van der Waals surface area (Å²) in [5, 5.41) is -4.08. The quantitative estimate of drug-likeness (QED) is 0.494. The van der Waals surface area contributed by atoms with Crippen molar-refractivity contribution in [2.24, 2.45) is 5.14 Å². The third-order valence-electron chi connectivity index (χ3n) is 2.85. The molecule has 0 saturated carbocycles. The van der Waals surface area contributed by atoms with E-state index in [-0.39, 0.29) is 0 Å². The molecule has 0 aliphatic rings. The zero-order valence-electron chi connectivity index (χ0n) is 12.6. The second kappa shape index (κ2) is 6.84. The fraction of sp³-hybridized carbons (Fsp3) is 1.00. The van der Waals surface area contributed by atoms with Gasteiger partial charge in [0.05, 0.1) is 0 Å². The molecule has 0 aliphatic carbocycles. The maximum atomic E-state index is 13.0. The number of nitrogens with two attached hydrogens (primary N) is 1. The number of halogens is 17. The van der Waals surface area contributed by atoms with Crippen LogP contribution in [0.15, 0.2) is 0 Å². The molecule has 182 valence electrons. The van der Waals surface area contributed by atoms with E-state index in [9.17, 15) is 83.1 Å². The highest BCUT2D eigenvalue weighted by Crippen LogP contribution is 2.59. The summed E-state index contributed by atoms with van der Waals surface area (Å²) in [4.78, 5) is 0. The van der Waals surface area contributed by atoms with Crippen molar-refractivity contribution < 1.29 is 87.8 Å². The van der Waals surface area contributed by atoms with Gasteiger partial charge in [-0.3, -0.25) is 0 Å². The summed E-state index contributed by atoms with van der Waals surface area (Å²) in [6.45, 7) is 0. The summed E-state index contributed by atoms with van der Waals surface area (Å²) in [5.74, 6) is -32.6. The number of primary sulfonamides is 1. The van der Waals surface area contributed by atoms with E-state index in [0.29, 0.717) is 0 Å². The van der Waals surface area contributed by atoms with E-state index < -0.39 is 57.4 Å². The summed E-state index contributed by atoms with van der Waals surface area (Å²) < 4.78 is 236. The van der Waals surface area contributed by atoms with Crippen molar-refractivity contribution in [2.45, 2.75) is 47.3 Å². The maximum Gasteiger partial charge on any atom is 0.460 e. The van der Waals surface area contributed by atoms with Crippen LogP contribution >= 0.6 is 0 Å². The normalized spacial score (nSPS) is 16.7. The number of sulfonamides is 1. The van der Waals surface area contributed by atoms with Crippen molar-refractivity contribution in [2.75, 3.05) is 0 Å². The first-order chi connectivity index (χ1) is 12.5. The Hall–Kier alpha value is -1.32. The number of rotatable bonds is 8. The average molecular weight is 515 g/mol. The molecule has 0 spiro atoms. The molecule has 0 rings (SSSR count). The van der Waals surface area contributed by atoms with Crippen LogP contribution in [0.3, 0.4) is 0 Å². The maximum absolute atomic E-state index is 13.0. The number of hydrogen-bond acceptors (Lipinski definition) is 3. The van der Waals surface area contributed by atoms with Gasteiger partial charge in [0, 0.05) is 0 Å². The lowest BCUT2D eigenvalue weighted by atomic mass is 10.1. The average Bonchev–Trinajstić information content (AvgIpc) is 2.42. The Morgan fingerprint density at radius 2 is 0.767 bits per heavy atom. The lowest BCUT2D eigenvalue weighted by Gasteiger charge is -2.38. The van der Waals surface area contributed by atoms with Gasteiger partial charge in [-0.05, 0) is 0 Å². The highest BCUT2D eigenvalue weighted by molar-refractivity contribution is 7.90. The van der Waals surface area contributed by atoms with Crippen molar-refractivity contribution in [3.8, 4) is 0 Å². The lowest BCUT2D eigenvalue weighted by Crippen LogP contribution is -2.69. The molecule has 0 aromatic carbocycles. The fourth-order valence-corrected chi connectivity index (χ4v) is 1.68. The molecule has 0 unspecified atom stereocenters. The zero-order chi connectivity index (χ0) is 25.2. The first-order valence-electron chi connectivity index (χ1n) is 5.89. The molecule has 0 fully saturated rings. The van der Waals surface area contributed by atoms with Crippen LogP contribution in [0, 0.1) is 0 Å². The molecular weight excluding hydrogens is 513 g/mol. The van der Waals surface area contributed by atoms with Gasteiger partial charge in [0.25, 0.3) is 10.0 Å². The van der Waals surface area contributed by atoms with E-state index in [2.05, 4.69) is 5.14 Å². The minimum Gasteiger partial charge on any atom is -0.245 e. The lowest BCUT2D eigenvalue weighted by molar-refractivity contribution is -0.516. The predicted molar refractivity (Wildman–Crippen MR) is 54.9 cm³/mol. The van der Waals surface area contributed by atoms with E-state index in [0.717, 1.165) is 4.74 Å². The molecule has 4 nitrogen and oxygen atoms in total. The Bertz CT molecular complexity index is 753. The molecule has 30 heavy (non-hydrogen) atoms. The Morgan fingerprint density at radius 1 is 0.500 bits per heavy atom. The Labute approximate surface area is 151 Å². The van der Waals surface area contributed by atoms with Crippen LogP contribution in [0.5, 0.6) is 0 Å². The van der Waals surface area contributed by atoms with Crippen molar-refractivity contribution in [3.05, 3.63) is 0 Å². The molecule has 0 radical (unpaired) electrons. The Kier molecular flexibility index (Phi) is 6.54. The minimum absolute atomic E-state index is 1.03. The summed E-state index contributed by atoms with van der Waals surface area (Å²) in [6.07, 6.45) is -23.9. The molecule has 0 aromatic heterocycles. The standard InChI is InChI=1S/C8H2F17NO3S/c9-1(10,5(17,18)19)2(11,12)6(20,21)29-7(22,23)3(13,14)4(15,16)8(24,25)30(26,27)28/h(H2,26,27,28). The highest BCUT2D eigenvalue weighted by atomic mass is 32.2. The number of hydrogen-bond donors (Lipinski definition) is 1. The second-order valence-electron chi connectivity index (χ2n) is 4.99. The van der Waals surface area contributed by atoms with E-state index in [1.807, 2.05) is 0 Å². The van der Waals surface area contributed by atoms with Crippen LogP contribution in [0.2, 0.25) is 0 Å². The summed E-state index contributed by atoms with van der Waals surface area (Å²) in [6, 6.07) is 0. The molecule has 0 heterocycles. The predicted octanol–water partition coefficient (Wildman–Crippen LogP) is 4.17. The second-order valence-corrected chi connectivity index (χ2v) is 6.60. The molecule has 2 N–H and O–H groups in total. The molecule has 0 aromatic rings. The topological polar surface area (TPSA) is 69.4 Å². The molecule has 0 atom stereocenters. The van der Waals surface area contributed by atoms with Crippen molar-refractivity contribution in [1.29, 1.82) is 0 Å². The first kappa shape index (κ1) is 28.7. The fourth-order valence-electron chi connectivity index (χ4n) is 1.19. The number of alkyl halides is 17.